The van der Waals surface area contributed by atoms with E-state index in [-0.39, 0.29) is 24.1 Å². The van der Waals surface area contributed by atoms with Crippen LogP contribution < -0.4 is 0 Å². The van der Waals surface area contributed by atoms with E-state index < -0.39 is 0 Å². The van der Waals surface area contributed by atoms with Gasteiger partial charge in [-0.1, -0.05) is 68.9 Å². The van der Waals surface area contributed by atoms with Crippen LogP contribution in [-0.4, -0.2) is 23.3 Å². The summed E-state index contributed by atoms with van der Waals surface area (Å²) in [4.78, 5) is 25.7. The van der Waals surface area contributed by atoms with E-state index in [1.165, 1.54) is 19.3 Å². The third-order valence-electron chi connectivity index (χ3n) is 5.93. The molecule has 3 nitrogen and oxygen atoms in total. The number of hydrogen-bond acceptors (Lipinski definition) is 3. The van der Waals surface area contributed by atoms with E-state index in [1.54, 1.807) is 13.8 Å². The number of ketones is 2. The molecule has 1 aromatic carbocycles. The molecule has 0 aromatic heterocycles. The molecule has 0 fully saturated rings. The zero-order valence-corrected chi connectivity index (χ0v) is 17.6. The lowest BCUT2D eigenvalue weighted by Crippen LogP contribution is -2.24. The van der Waals surface area contributed by atoms with Gasteiger partial charge in [0.05, 0.1) is 0 Å². The molecule has 1 aliphatic carbocycles. The maximum atomic E-state index is 13.1. The van der Waals surface area contributed by atoms with E-state index in [0.717, 1.165) is 37.7 Å². The van der Waals surface area contributed by atoms with Crippen LogP contribution in [0.25, 0.3) is 0 Å². The molecule has 0 heterocycles. The summed E-state index contributed by atoms with van der Waals surface area (Å²) in [5, 5.41) is 8.84. The summed E-state index contributed by atoms with van der Waals surface area (Å²) in [6, 6.07) is 10.1. The fourth-order valence-corrected chi connectivity index (χ4v) is 4.04. The smallest absolute Gasteiger partial charge is 0.186 e. The van der Waals surface area contributed by atoms with Crippen molar-refractivity contribution < 1.29 is 14.7 Å². The zero-order valence-electron chi connectivity index (χ0n) is 17.6. The van der Waals surface area contributed by atoms with Gasteiger partial charge in [-0.25, -0.2) is 0 Å². The minimum atomic E-state index is -0.0184. The van der Waals surface area contributed by atoms with Crippen LogP contribution in [0.5, 0.6) is 0 Å². The fraction of sp³-hybridized carbons (Fsp3) is 0.520. The van der Waals surface area contributed by atoms with Crippen molar-refractivity contribution in [2.45, 2.75) is 78.1 Å². The predicted octanol–water partition coefficient (Wildman–Crippen LogP) is 5.69. The highest BCUT2D eigenvalue weighted by atomic mass is 16.2. The van der Waals surface area contributed by atoms with Gasteiger partial charge in [-0.2, -0.15) is 0 Å². The Morgan fingerprint density at radius 2 is 1.25 bits per heavy atom. The number of unbranched alkanes of at least 4 members (excludes halogenated alkanes) is 6. The first-order chi connectivity index (χ1) is 13.5. The highest BCUT2D eigenvalue weighted by molar-refractivity contribution is 6.25. The van der Waals surface area contributed by atoms with Gasteiger partial charge in [-0.3, -0.25) is 9.59 Å². The van der Waals surface area contributed by atoms with Crippen LogP contribution in [0.3, 0.4) is 0 Å². The highest BCUT2D eigenvalue weighted by Gasteiger charge is 2.32. The number of aliphatic hydroxyl groups is 1. The molecule has 0 aliphatic heterocycles. The molecular weight excluding hydrogens is 348 g/mol. The summed E-state index contributed by atoms with van der Waals surface area (Å²) in [7, 11) is 0. The number of carbonyl (C=O) groups excluding carboxylic acids is 2. The van der Waals surface area contributed by atoms with E-state index in [2.05, 4.69) is 12.1 Å². The van der Waals surface area contributed by atoms with Gasteiger partial charge in [0, 0.05) is 34.8 Å². The van der Waals surface area contributed by atoms with Crippen molar-refractivity contribution in [1.82, 2.24) is 0 Å². The number of hydrogen-bond donors (Lipinski definition) is 1. The standard InChI is InChI=1S/C25H34O3/c1-18-19(2)25(28)23(20(3)24(18)27)22(21-14-10-9-11-15-21)16-12-7-5-4-6-8-13-17-26/h9-11,14-15,22,26H,4-8,12-13,16-17H2,1-3H3. The molecule has 1 aliphatic rings. The van der Waals surface area contributed by atoms with Gasteiger partial charge in [0.2, 0.25) is 0 Å². The Balaban J connectivity index is 2.09. The van der Waals surface area contributed by atoms with Crippen molar-refractivity contribution in [2.75, 3.05) is 6.61 Å². The van der Waals surface area contributed by atoms with Crippen LogP contribution in [0.4, 0.5) is 0 Å². The maximum Gasteiger partial charge on any atom is 0.186 e. The van der Waals surface area contributed by atoms with Crippen molar-refractivity contribution in [2.24, 2.45) is 0 Å². The van der Waals surface area contributed by atoms with Crippen LogP contribution in [0, 0.1) is 0 Å². The minimum absolute atomic E-state index is 0.0110. The van der Waals surface area contributed by atoms with Gasteiger partial charge < -0.3 is 5.11 Å². The molecule has 0 saturated carbocycles. The van der Waals surface area contributed by atoms with Gasteiger partial charge in [0.15, 0.2) is 11.6 Å². The van der Waals surface area contributed by atoms with Crippen molar-refractivity contribution in [3.63, 3.8) is 0 Å². The molecular formula is C25H34O3. The van der Waals surface area contributed by atoms with Crippen LogP contribution in [0.2, 0.25) is 0 Å². The highest BCUT2D eigenvalue weighted by Crippen LogP contribution is 2.37. The van der Waals surface area contributed by atoms with Crippen LogP contribution in [-0.2, 0) is 9.59 Å². The van der Waals surface area contributed by atoms with E-state index in [0.29, 0.717) is 22.3 Å². The van der Waals surface area contributed by atoms with E-state index >= 15 is 0 Å². The number of carbonyl (C=O) groups is 2. The topological polar surface area (TPSA) is 54.4 Å². The van der Waals surface area contributed by atoms with Gasteiger partial charge in [-0.15, -0.1) is 0 Å². The number of allylic oxidation sites excluding steroid dienone is 4. The summed E-state index contributed by atoms with van der Waals surface area (Å²) in [6.07, 6.45) is 8.58. The average Bonchev–Trinajstić information content (AvgIpc) is 2.72. The first kappa shape index (κ1) is 22.3. The molecule has 0 amide bonds. The third kappa shape index (κ3) is 5.51. The van der Waals surface area contributed by atoms with Crippen molar-refractivity contribution >= 4 is 11.6 Å². The largest absolute Gasteiger partial charge is 0.396 e. The van der Waals surface area contributed by atoms with Gasteiger partial charge in [0.1, 0.15) is 0 Å². The molecule has 0 bridgehead atoms. The molecule has 152 valence electrons. The maximum absolute atomic E-state index is 13.1. The van der Waals surface area contributed by atoms with Crippen LogP contribution >= 0.6 is 0 Å². The van der Waals surface area contributed by atoms with Gasteiger partial charge in [0.25, 0.3) is 0 Å². The molecule has 3 heteroatoms. The molecule has 1 N–H and O–H groups in total. The minimum Gasteiger partial charge on any atom is -0.396 e. The lowest BCUT2D eigenvalue weighted by atomic mass is 9.75. The Morgan fingerprint density at radius 3 is 1.86 bits per heavy atom. The van der Waals surface area contributed by atoms with Gasteiger partial charge >= 0.3 is 0 Å². The normalized spacial score (nSPS) is 16.1. The Kier molecular flexibility index (Phi) is 8.85. The van der Waals surface area contributed by atoms with Crippen LogP contribution in [0.15, 0.2) is 52.6 Å². The molecule has 0 spiro atoms. The zero-order chi connectivity index (χ0) is 20.5. The molecule has 1 aromatic rings. The lowest BCUT2D eigenvalue weighted by Gasteiger charge is -2.26. The lowest BCUT2D eigenvalue weighted by molar-refractivity contribution is -0.116. The second-order valence-electron chi connectivity index (χ2n) is 7.90. The molecule has 1 unspecified atom stereocenters. The van der Waals surface area contributed by atoms with Gasteiger partial charge in [-0.05, 0) is 39.2 Å². The average molecular weight is 383 g/mol. The number of aliphatic hydroxyl groups excluding tert-OH is 1. The number of benzene rings is 1. The SMILES string of the molecule is CC1=C(C)C(=O)C(C(CCCCCCCCCO)c2ccccc2)=C(C)C1=O. The third-order valence-corrected chi connectivity index (χ3v) is 5.93. The first-order valence-electron chi connectivity index (χ1n) is 10.6. The predicted molar refractivity (Wildman–Crippen MR) is 114 cm³/mol. The Labute approximate surface area is 169 Å². The first-order valence-corrected chi connectivity index (χ1v) is 10.6. The van der Waals surface area contributed by atoms with E-state index in [1.807, 2.05) is 25.1 Å². The Bertz CT molecular complexity index is 740. The molecule has 2 rings (SSSR count). The van der Waals surface area contributed by atoms with E-state index in [4.69, 9.17) is 5.11 Å². The summed E-state index contributed by atoms with van der Waals surface area (Å²) >= 11 is 0. The Morgan fingerprint density at radius 1 is 0.714 bits per heavy atom. The summed E-state index contributed by atoms with van der Waals surface area (Å²) in [5.74, 6) is 0.0273. The van der Waals surface area contributed by atoms with Crippen molar-refractivity contribution in [3.8, 4) is 0 Å². The quantitative estimate of drug-likeness (QED) is 0.395. The van der Waals surface area contributed by atoms with Crippen LogP contribution in [0.1, 0.15) is 83.6 Å². The monoisotopic (exact) mass is 382 g/mol. The Hall–Kier alpha value is -2.00. The summed E-state index contributed by atoms with van der Waals surface area (Å²) in [6.45, 7) is 5.62. The molecule has 1 atom stereocenters. The number of rotatable bonds is 11. The van der Waals surface area contributed by atoms with Crippen molar-refractivity contribution in [1.29, 1.82) is 0 Å². The fourth-order valence-electron chi connectivity index (χ4n) is 4.04. The second-order valence-corrected chi connectivity index (χ2v) is 7.90. The summed E-state index contributed by atoms with van der Waals surface area (Å²) < 4.78 is 0. The van der Waals surface area contributed by atoms with E-state index in [9.17, 15) is 9.59 Å². The summed E-state index contributed by atoms with van der Waals surface area (Å²) in [5.41, 5.74) is 3.61. The molecule has 28 heavy (non-hydrogen) atoms. The van der Waals surface area contributed by atoms with Crippen molar-refractivity contribution in [3.05, 3.63) is 58.2 Å². The molecule has 0 saturated heterocycles. The number of Topliss-reactive ketones (excluding diaryl/α,β-unsaturated/α-hetero) is 2. The molecule has 0 radical (unpaired) electrons. The second kappa shape index (κ2) is 11.1.